The molecule has 1 saturated carbocycles. The number of aryl methyl sites for hydroxylation is 1. The van der Waals surface area contributed by atoms with E-state index < -0.39 is 11.6 Å². The summed E-state index contributed by atoms with van der Waals surface area (Å²) in [5, 5.41) is 0. The van der Waals surface area contributed by atoms with E-state index >= 15 is 0 Å². The minimum absolute atomic E-state index is 0.718. The third-order valence-corrected chi connectivity index (χ3v) is 5.50. The fourth-order valence-electron chi connectivity index (χ4n) is 4.10. The van der Waals surface area contributed by atoms with Gasteiger partial charge in [0.25, 0.3) is 0 Å². The second-order valence-corrected chi connectivity index (χ2v) is 7.10. The van der Waals surface area contributed by atoms with Gasteiger partial charge in [-0.1, -0.05) is 31.9 Å². The molecule has 1 atom stereocenters. The molecule has 0 radical (unpaired) electrons. The summed E-state index contributed by atoms with van der Waals surface area (Å²) in [5.41, 5.74) is 0.912. The molecule has 0 amide bonds. The fraction of sp³-hybridized carbons (Fsp3) is 0.619. The monoisotopic (exact) mass is 320 g/mol. The van der Waals surface area contributed by atoms with Crippen molar-refractivity contribution >= 4 is 0 Å². The normalized spacial score (nSPS) is 22.7. The molecule has 1 aliphatic carbocycles. The summed E-state index contributed by atoms with van der Waals surface area (Å²) in [7, 11) is 0. The van der Waals surface area contributed by atoms with Gasteiger partial charge in [0, 0.05) is 0 Å². The van der Waals surface area contributed by atoms with Gasteiger partial charge in [-0.15, -0.1) is 6.58 Å². The van der Waals surface area contributed by atoms with E-state index in [1.54, 1.807) is 6.07 Å². The summed E-state index contributed by atoms with van der Waals surface area (Å²) < 4.78 is 26.2. The van der Waals surface area contributed by atoms with Crippen molar-refractivity contribution in [1.82, 2.24) is 0 Å². The van der Waals surface area contributed by atoms with Crippen LogP contribution in [-0.4, -0.2) is 0 Å². The van der Waals surface area contributed by atoms with Gasteiger partial charge in [0.05, 0.1) is 0 Å². The van der Waals surface area contributed by atoms with E-state index in [2.05, 4.69) is 19.6 Å². The van der Waals surface area contributed by atoms with Gasteiger partial charge in [0.15, 0.2) is 11.6 Å². The van der Waals surface area contributed by atoms with Crippen LogP contribution in [0.2, 0.25) is 0 Å². The molecule has 0 N–H and O–H groups in total. The van der Waals surface area contributed by atoms with E-state index in [1.807, 2.05) is 0 Å². The molecular weight excluding hydrogens is 290 g/mol. The third kappa shape index (κ3) is 5.44. The number of halogens is 2. The van der Waals surface area contributed by atoms with Crippen LogP contribution < -0.4 is 0 Å². The fourth-order valence-corrected chi connectivity index (χ4v) is 4.10. The topological polar surface area (TPSA) is 0 Å². The van der Waals surface area contributed by atoms with E-state index in [0.717, 1.165) is 36.2 Å². The van der Waals surface area contributed by atoms with Crippen LogP contribution in [0.5, 0.6) is 0 Å². The predicted octanol–water partition coefficient (Wildman–Crippen LogP) is 6.70. The van der Waals surface area contributed by atoms with Crippen LogP contribution in [0.1, 0.15) is 63.9 Å². The molecule has 0 bridgehead atoms. The summed E-state index contributed by atoms with van der Waals surface area (Å²) in [6, 6.07) is 4.30. The lowest BCUT2D eigenvalue weighted by Crippen LogP contribution is -2.21. The molecule has 0 spiro atoms. The lowest BCUT2D eigenvalue weighted by molar-refractivity contribution is 0.200. The Morgan fingerprint density at radius 1 is 1.13 bits per heavy atom. The number of benzene rings is 1. The Balaban J connectivity index is 1.82. The average molecular weight is 320 g/mol. The van der Waals surface area contributed by atoms with E-state index in [-0.39, 0.29) is 0 Å². The maximum absolute atomic E-state index is 13.3. The molecule has 1 aromatic rings. The molecule has 2 rings (SSSR count). The smallest absolute Gasteiger partial charge is 0.159 e. The van der Waals surface area contributed by atoms with Crippen molar-refractivity contribution < 1.29 is 8.78 Å². The molecule has 1 aliphatic rings. The average Bonchev–Trinajstić information content (AvgIpc) is 2.57. The van der Waals surface area contributed by atoms with Crippen molar-refractivity contribution in [3.63, 3.8) is 0 Å². The van der Waals surface area contributed by atoms with E-state index in [4.69, 9.17) is 0 Å². The summed E-state index contributed by atoms with van der Waals surface area (Å²) in [5.74, 6) is 0.870. The van der Waals surface area contributed by atoms with Crippen molar-refractivity contribution in [1.29, 1.82) is 0 Å². The minimum atomic E-state index is -0.753. The van der Waals surface area contributed by atoms with Crippen LogP contribution in [0.15, 0.2) is 30.9 Å². The van der Waals surface area contributed by atoms with Crippen LogP contribution in [-0.2, 0) is 6.42 Å². The molecule has 0 aliphatic heterocycles. The number of hydrogen-bond acceptors (Lipinski definition) is 0. The first-order chi connectivity index (χ1) is 11.1. The highest BCUT2D eigenvalue weighted by Crippen LogP contribution is 2.37. The lowest BCUT2D eigenvalue weighted by Gasteiger charge is -2.33. The third-order valence-electron chi connectivity index (χ3n) is 5.50. The number of rotatable bonds is 8. The predicted molar refractivity (Wildman–Crippen MR) is 93.3 cm³/mol. The molecule has 128 valence electrons. The van der Waals surface area contributed by atoms with E-state index in [9.17, 15) is 8.78 Å². The van der Waals surface area contributed by atoms with Crippen LogP contribution >= 0.6 is 0 Å². The van der Waals surface area contributed by atoms with Crippen LogP contribution in [0, 0.1) is 29.4 Å². The number of allylic oxidation sites excluding steroid dienone is 1. The van der Waals surface area contributed by atoms with E-state index in [1.165, 1.54) is 57.1 Å². The van der Waals surface area contributed by atoms with Gasteiger partial charge in [0.2, 0.25) is 0 Å². The summed E-state index contributed by atoms with van der Waals surface area (Å²) in [4.78, 5) is 0. The minimum Gasteiger partial charge on any atom is -0.204 e. The van der Waals surface area contributed by atoms with Gasteiger partial charge in [0.1, 0.15) is 0 Å². The highest BCUT2D eigenvalue weighted by molar-refractivity contribution is 5.17. The second-order valence-electron chi connectivity index (χ2n) is 7.10. The van der Waals surface area contributed by atoms with E-state index in [0.29, 0.717) is 0 Å². The summed E-state index contributed by atoms with van der Waals surface area (Å²) >= 11 is 0. The molecule has 1 fully saturated rings. The van der Waals surface area contributed by atoms with Crippen molar-refractivity contribution in [3.05, 3.63) is 48.1 Å². The number of hydrogen-bond donors (Lipinski definition) is 0. The standard InChI is InChI=1S/C21H30F2/c1-3-6-18(19-12-9-16(4-2)10-13-19)8-5-7-17-11-14-20(22)21(23)15-17/h4,11,14-16,18-19H,2-3,5-10,12-13H2,1H3. The summed E-state index contributed by atoms with van der Waals surface area (Å²) in [6.45, 7) is 6.19. The lowest BCUT2D eigenvalue weighted by atomic mass is 9.73. The molecule has 0 saturated heterocycles. The SMILES string of the molecule is C=CC1CCC(C(CCC)CCCc2ccc(F)c(F)c2)CC1. The first-order valence-electron chi connectivity index (χ1n) is 9.20. The Labute approximate surface area is 140 Å². The zero-order valence-electron chi connectivity index (χ0n) is 14.4. The van der Waals surface area contributed by atoms with Crippen molar-refractivity contribution in [2.45, 2.75) is 64.7 Å². The molecule has 23 heavy (non-hydrogen) atoms. The Kier molecular flexibility index (Phi) is 7.26. The zero-order chi connectivity index (χ0) is 16.7. The van der Waals surface area contributed by atoms with Crippen LogP contribution in [0.25, 0.3) is 0 Å². The second kappa shape index (κ2) is 9.20. The largest absolute Gasteiger partial charge is 0.204 e. The van der Waals surface area contributed by atoms with Gasteiger partial charge in [-0.25, -0.2) is 8.78 Å². The molecule has 0 nitrogen and oxygen atoms in total. The van der Waals surface area contributed by atoms with Crippen LogP contribution in [0.4, 0.5) is 8.78 Å². The highest BCUT2D eigenvalue weighted by atomic mass is 19.2. The summed E-state index contributed by atoms with van der Waals surface area (Å²) in [6.07, 6.45) is 13.0. The maximum Gasteiger partial charge on any atom is 0.159 e. The van der Waals surface area contributed by atoms with Gasteiger partial charge < -0.3 is 0 Å². The molecule has 0 heterocycles. The molecular formula is C21H30F2. The van der Waals surface area contributed by atoms with Gasteiger partial charge >= 0.3 is 0 Å². The van der Waals surface area contributed by atoms with Gasteiger partial charge in [-0.05, 0) is 80.4 Å². The zero-order valence-corrected chi connectivity index (χ0v) is 14.4. The van der Waals surface area contributed by atoms with Gasteiger partial charge in [-0.2, -0.15) is 0 Å². The first-order valence-corrected chi connectivity index (χ1v) is 9.20. The Bertz CT molecular complexity index is 487. The van der Waals surface area contributed by atoms with Crippen molar-refractivity contribution in [2.75, 3.05) is 0 Å². The van der Waals surface area contributed by atoms with Crippen LogP contribution in [0.3, 0.4) is 0 Å². The van der Waals surface area contributed by atoms with Crippen molar-refractivity contribution in [3.8, 4) is 0 Å². The molecule has 2 heteroatoms. The van der Waals surface area contributed by atoms with Gasteiger partial charge in [-0.3, -0.25) is 0 Å². The highest BCUT2D eigenvalue weighted by Gasteiger charge is 2.25. The first kappa shape index (κ1) is 18.2. The molecule has 1 unspecified atom stereocenters. The van der Waals surface area contributed by atoms with Crippen molar-refractivity contribution in [2.24, 2.45) is 17.8 Å². The maximum atomic E-state index is 13.3. The Morgan fingerprint density at radius 3 is 2.48 bits per heavy atom. The molecule has 0 aromatic heterocycles. The molecule has 1 aromatic carbocycles. The Morgan fingerprint density at radius 2 is 1.87 bits per heavy atom. The Hall–Kier alpha value is -1.18. The quantitative estimate of drug-likeness (QED) is 0.468.